The molecule has 0 bridgehead atoms. The molecule has 1 aliphatic carbocycles. The second-order valence-corrected chi connectivity index (χ2v) is 4.91. The van der Waals surface area contributed by atoms with Crippen LogP contribution in [-0.4, -0.2) is 23.3 Å². The fraction of sp³-hybridized carbons (Fsp3) is 0.750. The lowest BCUT2D eigenvalue weighted by Crippen LogP contribution is -2.10. The molecule has 1 saturated carbocycles. The van der Waals surface area contributed by atoms with E-state index < -0.39 is 0 Å². The molecule has 15 heavy (non-hydrogen) atoms. The molecule has 0 amide bonds. The molecule has 2 N–H and O–H groups in total. The van der Waals surface area contributed by atoms with E-state index in [1.54, 1.807) is 0 Å². The lowest BCUT2D eigenvalue weighted by molar-refractivity contribution is 0.671. The summed E-state index contributed by atoms with van der Waals surface area (Å²) in [5.41, 5.74) is 2.94. The highest BCUT2D eigenvalue weighted by molar-refractivity contribution is 5.26. The van der Waals surface area contributed by atoms with Crippen molar-refractivity contribution in [3.8, 4) is 0 Å². The van der Waals surface area contributed by atoms with Crippen LogP contribution >= 0.6 is 0 Å². The third-order valence-corrected chi connectivity index (χ3v) is 3.96. The van der Waals surface area contributed by atoms with E-state index in [-0.39, 0.29) is 0 Å². The summed E-state index contributed by atoms with van der Waals surface area (Å²) in [7, 11) is 0. The predicted molar refractivity (Wildman–Crippen MR) is 60.0 cm³/mol. The summed E-state index contributed by atoms with van der Waals surface area (Å²) in [5, 5.41) is 10.9. The molecule has 82 valence electrons. The molecule has 2 heterocycles. The Morgan fingerprint density at radius 3 is 2.73 bits per heavy atom. The number of rotatable bonds is 2. The number of nitrogens with one attached hydrogen (secondary N) is 2. The van der Waals surface area contributed by atoms with Gasteiger partial charge in [-0.05, 0) is 37.3 Å². The maximum Gasteiger partial charge on any atom is 0.0525 e. The minimum atomic E-state index is 0.683. The molecule has 2 aliphatic rings. The predicted octanol–water partition coefficient (Wildman–Crippen LogP) is 2.14. The molecule has 2 fully saturated rings. The van der Waals surface area contributed by atoms with Gasteiger partial charge in [-0.1, -0.05) is 12.8 Å². The number of H-pyrrole nitrogens is 1. The minimum Gasteiger partial charge on any atom is -0.316 e. The second-order valence-electron chi connectivity index (χ2n) is 4.91. The van der Waals surface area contributed by atoms with E-state index in [0.29, 0.717) is 5.92 Å². The van der Waals surface area contributed by atoms with Gasteiger partial charge >= 0.3 is 0 Å². The number of aromatic amines is 1. The summed E-state index contributed by atoms with van der Waals surface area (Å²) in [6.45, 7) is 2.29. The van der Waals surface area contributed by atoms with E-state index >= 15 is 0 Å². The Bertz CT molecular complexity index is 289. The smallest absolute Gasteiger partial charge is 0.0525 e. The van der Waals surface area contributed by atoms with Gasteiger partial charge in [-0.2, -0.15) is 5.10 Å². The van der Waals surface area contributed by atoms with Gasteiger partial charge in [-0.3, -0.25) is 5.10 Å². The van der Waals surface area contributed by atoms with Crippen molar-refractivity contribution in [3.63, 3.8) is 0 Å². The van der Waals surface area contributed by atoms with Crippen molar-refractivity contribution in [2.24, 2.45) is 0 Å². The fourth-order valence-corrected chi connectivity index (χ4v) is 3.10. The summed E-state index contributed by atoms with van der Waals surface area (Å²) in [6.07, 6.45) is 8.88. The van der Waals surface area contributed by atoms with Crippen LogP contribution in [0.2, 0.25) is 0 Å². The van der Waals surface area contributed by atoms with E-state index in [9.17, 15) is 0 Å². The molecule has 1 unspecified atom stereocenters. The van der Waals surface area contributed by atoms with E-state index in [0.717, 1.165) is 19.0 Å². The zero-order chi connectivity index (χ0) is 10.1. The Morgan fingerprint density at radius 2 is 2.00 bits per heavy atom. The maximum absolute atomic E-state index is 4.26. The molecule has 0 radical (unpaired) electrons. The summed E-state index contributed by atoms with van der Waals surface area (Å²) in [5.74, 6) is 1.47. The Labute approximate surface area is 90.7 Å². The van der Waals surface area contributed by atoms with Crippen LogP contribution in [0.15, 0.2) is 6.20 Å². The third-order valence-electron chi connectivity index (χ3n) is 3.96. The van der Waals surface area contributed by atoms with Crippen molar-refractivity contribution >= 4 is 0 Å². The van der Waals surface area contributed by atoms with Crippen molar-refractivity contribution in [2.75, 3.05) is 13.1 Å². The van der Waals surface area contributed by atoms with Crippen molar-refractivity contribution < 1.29 is 0 Å². The van der Waals surface area contributed by atoms with Crippen LogP contribution < -0.4 is 5.32 Å². The van der Waals surface area contributed by atoms with E-state index in [2.05, 4.69) is 21.7 Å². The highest BCUT2D eigenvalue weighted by Crippen LogP contribution is 2.37. The zero-order valence-corrected chi connectivity index (χ0v) is 9.13. The lowest BCUT2D eigenvalue weighted by atomic mass is 9.92. The van der Waals surface area contributed by atoms with Crippen LogP contribution in [0.25, 0.3) is 0 Å². The minimum absolute atomic E-state index is 0.683. The van der Waals surface area contributed by atoms with Gasteiger partial charge in [-0.25, -0.2) is 0 Å². The fourth-order valence-electron chi connectivity index (χ4n) is 3.10. The van der Waals surface area contributed by atoms with Crippen molar-refractivity contribution in [3.05, 3.63) is 17.5 Å². The van der Waals surface area contributed by atoms with Gasteiger partial charge in [0.2, 0.25) is 0 Å². The van der Waals surface area contributed by atoms with Gasteiger partial charge in [0.05, 0.1) is 6.20 Å². The normalized spacial score (nSPS) is 27.6. The van der Waals surface area contributed by atoms with Gasteiger partial charge < -0.3 is 5.32 Å². The van der Waals surface area contributed by atoms with Crippen LogP contribution in [0.4, 0.5) is 0 Å². The van der Waals surface area contributed by atoms with E-state index in [1.807, 2.05) is 0 Å². The highest BCUT2D eigenvalue weighted by Gasteiger charge is 2.26. The molecule has 1 aromatic rings. The van der Waals surface area contributed by atoms with Crippen LogP contribution in [0.3, 0.4) is 0 Å². The van der Waals surface area contributed by atoms with Gasteiger partial charge in [0.25, 0.3) is 0 Å². The molecule has 3 nitrogen and oxygen atoms in total. The van der Waals surface area contributed by atoms with Crippen molar-refractivity contribution in [1.82, 2.24) is 15.5 Å². The Hall–Kier alpha value is -0.830. The molecule has 0 aromatic carbocycles. The lowest BCUT2D eigenvalue weighted by Gasteiger charge is -2.13. The molecule has 1 saturated heterocycles. The molecule has 1 aromatic heterocycles. The highest BCUT2D eigenvalue weighted by atomic mass is 15.1. The number of nitrogens with zero attached hydrogens (tertiary/aromatic N) is 1. The van der Waals surface area contributed by atoms with Crippen LogP contribution in [0, 0.1) is 0 Å². The average Bonchev–Trinajstić information content (AvgIpc) is 3.01. The SMILES string of the molecule is c1n[nH]c(C2CCNC2)c1C1CCCC1. The molecule has 1 atom stereocenters. The molecular formula is C12H19N3. The maximum atomic E-state index is 4.26. The van der Waals surface area contributed by atoms with Crippen LogP contribution in [0.5, 0.6) is 0 Å². The molecule has 3 rings (SSSR count). The number of hydrogen-bond acceptors (Lipinski definition) is 2. The molecular weight excluding hydrogens is 186 g/mol. The largest absolute Gasteiger partial charge is 0.316 e. The van der Waals surface area contributed by atoms with Crippen LogP contribution in [0.1, 0.15) is 55.2 Å². The van der Waals surface area contributed by atoms with E-state index in [4.69, 9.17) is 0 Å². The topological polar surface area (TPSA) is 40.7 Å². The molecule has 1 aliphatic heterocycles. The van der Waals surface area contributed by atoms with Crippen LogP contribution in [-0.2, 0) is 0 Å². The Kier molecular flexibility index (Phi) is 2.49. The molecule has 3 heteroatoms. The third kappa shape index (κ3) is 1.69. The second kappa shape index (κ2) is 3.97. The summed E-state index contributed by atoms with van der Waals surface area (Å²) >= 11 is 0. The number of aromatic nitrogens is 2. The summed E-state index contributed by atoms with van der Waals surface area (Å²) < 4.78 is 0. The van der Waals surface area contributed by atoms with E-state index in [1.165, 1.54) is 43.4 Å². The zero-order valence-electron chi connectivity index (χ0n) is 9.13. The summed E-state index contributed by atoms with van der Waals surface area (Å²) in [6, 6.07) is 0. The van der Waals surface area contributed by atoms with Gasteiger partial charge in [0.15, 0.2) is 0 Å². The molecule has 0 spiro atoms. The first-order valence-electron chi connectivity index (χ1n) is 6.19. The van der Waals surface area contributed by atoms with Gasteiger partial charge in [-0.15, -0.1) is 0 Å². The quantitative estimate of drug-likeness (QED) is 0.776. The number of hydrogen-bond donors (Lipinski definition) is 2. The first kappa shape index (κ1) is 9.40. The van der Waals surface area contributed by atoms with Gasteiger partial charge in [0.1, 0.15) is 0 Å². The monoisotopic (exact) mass is 205 g/mol. The van der Waals surface area contributed by atoms with Crippen molar-refractivity contribution in [2.45, 2.75) is 43.9 Å². The average molecular weight is 205 g/mol. The Balaban J connectivity index is 1.84. The van der Waals surface area contributed by atoms with Crippen molar-refractivity contribution in [1.29, 1.82) is 0 Å². The summed E-state index contributed by atoms with van der Waals surface area (Å²) in [4.78, 5) is 0. The first-order valence-corrected chi connectivity index (χ1v) is 6.19. The standard InChI is InChI=1S/C12H19N3/c1-2-4-9(3-1)11-8-14-15-12(11)10-5-6-13-7-10/h8-10,13H,1-7H2,(H,14,15). The van der Waals surface area contributed by atoms with Gasteiger partial charge in [0, 0.05) is 18.2 Å². The first-order chi connectivity index (χ1) is 7.45. The Morgan fingerprint density at radius 1 is 1.13 bits per heavy atom.